The van der Waals surface area contributed by atoms with E-state index in [0.717, 1.165) is 36.9 Å². The second kappa shape index (κ2) is 5.96. The maximum Gasteiger partial charge on any atom is 0.165 e. The van der Waals surface area contributed by atoms with Gasteiger partial charge in [0.2, 0.25) is 0 Å². The summed E-state index contributed by atoms with van der Waals surface area (Å²) in [5.41, 5.74) is 1.44. The van der Waals surface area contributed by atoms with Crippen LogP contribution >= 0.6 is 0 Å². The van der Waals surface area contributed by atoms with Crippen molar-refractivity contribution in [3.63, 3.8) is 0 Å². The molecule has 2 unspecified atom stereocenters. The molecule has 2 aliphatic rings. The third kappa shape index (κ3) is 3.23. The minimum atomic E-state index is -0.241. The van der Waals surface area contributed by atoms with Gasteiger partial charge in [-0.2, -0.15) is 0 Å². The van der Waals surface area contributed by atoms with Crippen molar-refractivity contribution in [3.8, 4) is 5.75 Å². The molecule has 0 amide bonds. The zero-order valence-electron chi connectivity index (χ0n) is 13.1. The van der Waals surface area contributed by atoms with Gasteiger partial charge in [-0.1, -0.05) is 13.0 Å². The largest absolute Gasteiger partial charge is 0.494 e. The van der Waals surface area contributed by atoms with Crippen LogP contribution in [-0.2, 0) is 6.42 Å². The van der Waals surface area contributed by atoms with Crippen LogP contribution in [0.2, 0.25) is 0 Å². The lowest BCUT2D eigenvalue weighted by molar-refractivity contribution is 0.248. The van der Waals surface area contributed by atoms with Gasteiger partial charge in [-0.05, 0) is 73.6 Å². The maximum absolute atomic E-state index is 13.9. The Morgan fingerprint density at radius 2 is 2.10 bits per heavy atom. The Labute approximate surface area is 127 Å². The molecule has 0 saturated heterocycles. The Bertz CT molecular complexity index is 492. The molecular weight excluding hydrogens is 265 g/mol. The highest BCUT2D eigenvalue weighted by atomic mass is 19.1. The molecule has 2 atom stereocenters. The summed E-state index contributed by atoms with van der Waals surface area (Å²) in [4.78, 5) is 0. The number of hydrogen-bond acceptors (Lipinski definition) is 2. The van der Waals surface area contributed by atoms with Crippen molar-refractivity contribution in [2.75, 3.05) is 20.2 Å². The average Bonchev–Trinajstić information content (AvgIpc) is 3.07. The van der Waals surface area contributed by atoms with E-state index in [-0.39, 0.29) is 5.82 Å². The Hall–Kier alpha value is -1.09. The Morgan fingerprint density at radius 3 is 2.71 bits per heavy atom. The van der Waals surface area contributed by atoms with Crippen molar-refractivity contribution in [2.24, 2.45) is 17.3 Å². The highest BCUT2D eigenvalue weighted by Gasteiger charge is 2.53. The fourth-order valence-electron chi connectivity index (χ4n) is 4.14. The summed E-state index contributed by atoms with van der Waals surface area (Å²) in [7, 11) is 1.51. The lowest BCUT2D eigenvalue weighted by Crippen LogP contribution is -2.35. The van der Waals surface area contributed by atoms with Crippen LogP contribution in [0.25, 0.3) is 0 Å². The average molecular weight is 291 g/mol. The molecule has 0 radical (unpaired) electrons. The molecular formula is C18H26FNO. The van der Waals surface area contributed by atoms with E-state index < -0.39 is 0 Å². The quantitative estimate of drug-likeness (QED) is 0.772. The molecule has 21 heavy (non-hydrogen) atoms. The number of nitrogens with one attached hydrogen (secondary N) is 1. The topological polar surface area (TPSA) is 21.3 Å². The first-order valence-corrected chi connectivity index (χ1v) is 8.19. The summed E-state index contributed by atoms with van der Waals surface area (Å²) in [6.45, 7) is 4.35. The molecule has 2 aliphatic carbocycles. The third-order valence-electron chi connectivity index (χ3n) is 5.18. The van der Waals surface area contributed by atoms with Crippen LogP contribution < -0.4 is 10.1 Å². The molecule has 2 fully saturated rings. The molecule has 3 heteroatoms. The lowest BCUT2D eigenvalue weighted by atomic mass is 9.77. The van der Waals surface area contributed by atoms with Gasteiger partial charge in [-0.15, -0.1) is 0 Å². The summed E-state index contributed by atoms with van der Waals surface area (Å²) in [5.74, 6) is 1.98. The molecule has 2 nitrogen and oxygen atoms in total. The van der Waals surface area contributed by atoms with Crippen molar-refractivity contribution in [1.29, 1.82) is 0 Å². The molecule has 3 rings (SSSR count). The third-order valence-corrected chi connectivity index (χ3v) is 5.18. The van der Waals surface area contributed by atoms with E-state index in [2.05, 4.69) is 12.2 Å². The molecule has 0 bridgehead atoms. The van der Waals surface area contributed by atoms with Crippen LogP contribution in [0.5, 0.6) is 5.75 Å². The second-order valence-electron chi connectivity index (χ2n) is 6.99. The standard InChI is InChI=1S/C18H26FNO/c1-3-6-20-12-18(10-14-8-15(14)11-18)9-13-4-5-17(21-2)16(19)7-13/h4-5,7,14-15,20H,3,6,8-12H2,1-2H3. The van der Waals surface area contributed by atoms with E-state index in [0.29, 0.717) is 11.2 Å². The Morgan fingerprint density at radius 1 is 1.33 bits per heavy atom. The highest BCUT2D eigenvalue weighted by Crippen LogP contribution is 2.60. The van der Waals surface area contributed by atoms with Gasteiger partial charge >= 0.3 is 0 Å². The monoisotopic (exact) mass is 291 g/mol. The van der Waals surface area contributed by atoms with Gasteiger partial charge < -0.3 is 10.1 Å². The zero-order chi connectivity index (χ0) is 14.9. The predicted octanol–water partition coefficient (Wildman–Crippen LogP) is 3.79. The molecule has 2 saturated carbocycles. The van der Waals surface area contributed by atoms with Gasteiger partial charge in [0.1, 0.15) is 0 Å². The summed E-state index contributed by atoms with van der Waals surface area (Å²) in [5, 5.41) is 3.60. The summed E-state index contributed by atoms with van der Waals surface area (Å²) in [6.07, 6.45) is 6.19. The van der Waals surface area contributed by atoms with E-state index in [9.17, 15) is 4.39 Å². The number of ether oxygens (including phenoxy) is 1. The van der Waals surface area contributed by atoms with Crippen LogP contribution in [0.15, 0.2) is 18.2 Å². The summed E-state index contributed by atoms with van der Waals surface area (Å²) in [6, 6.07) is 5.44. The van der Waals surface area contributed by atoms with Gasteiger partial charge in [0.15, 0.2) is 11.6 Å². The van der Waals surface area contributed by atoms with Crippen molar-refractivity contribution in [1.82, 2.24) is 5.32 Å². The molecule has 0 aromatic heterocycles. The van der Waals surface area contributed by atoms with E-state index in [1.807, 2.05) is 6.07 Å². The Balaban J connectivity index is 1.70. The predicted molar refractivity (Wildman–Crippen MR) is 83.1 cm³/mol. The van der Waals surface area contributed by atoms with Gasteiger partial charge in [0.05, 0.1) is 7.11 Å². The van der Waals surface area contributed by atoms with Crippen LogP contribution in [0.4, 0.5) is 4.39 Å². The van der Waals surface area contributed by atoms with Crippen LogP contribution in [0.1, 0.15) is 38.2 Å². The fourth-order valence-corrected chi connectivity index (χ4v) is 4.14. The molecule has 1 N–H and O–H groups in total. The van der Waals surface area contributed by atoms with Gasteiger partial charge in [0.25, 0.3) is 0 Å². The number of benzene rings is 1. The van der Waals surface area contributed by atoms with Crippen LogP contribution in [0, 0.1) is 23.1 Å². The van der Waals surface area contributed by atoms with Crippen molar-refractivity contribution in [3.05, 3.63) is 29.6 Å². The molecule has 1 aromatic carbocycles. The lowest BCUT2D eigenvalue weighted by Gasteiger charge is -2.31. The first kappa shape index (κ1) is 14.8. The summed E-state index contributed by atoms with van der Waals surface area (Å²) < 4.78 is 18.9. The Kier molecular flexibility index (Phi) is 4.21. The minimum absolute atomic E-state index is 0.241. The van der Waals surface area contributed by atoms with Crippen molar-refractivity contribution < 1.29 is 9.13 Å². The number of methoxy groups -OCH3 is 1. The molecule has 0 spiro atoms. The number of rotatable bonds is 7. The van der Waals surface area contributed by atoms with Crippen molar-refractivity contribution in [2.45, 2.75) is 39.0 Å². The first-order chi connectivity index (χ1) is 10.2. The number of halogens is 1. The SMILES string of the molecule is CCCNCC1(Cc2ccc(OC)c(F)c2)CC2CC2C1. The van der Waals surface area contributed by atoms with E-state index in [1.165, 1.54) is 32.8 Å². The smallest absolute Gasteiger partial charge is 0.165 e. The first-order valence-electron chi connectivity index (χ1n) is 8.19. The van der Waals surface area contributed by atoms with E-state index in [4.69, 9.17) is 4.74 Å². The number of hydrogen-bond donors (Lipinski definition) is 1. The van der Waals surface area contributed by atoms with Gasteiger partial charge in [0, 0.05) is 6.54 Å². The van der Waals surface area contributed by atoms with Crippen LogP contribution in [0.3, 0.4) is 0 Å². The van der Waals surface area contributed by atoms with Crippen LogP contribution in [-0.4, -0.2) is 20.2 Å². The zero-order valence-corrected chi connectivity index (χ0v) is 13.1. The molecule has 0 aliphatic heterocycles. The van der Waals surface area contributed by atoms with Gasteiger partial charge in [-0.3, -0.25) is 0 Å². The number of fused-ring (bicyclic) bond motifs is 1. The minimum Gasteiger partial charge on any atom is -0.494 e. The molecule has 1 aromatic rings. The maximum atomic E-state index is 13.9. The van der Waals surface area contributed by atoms with E-state index in [1.54, 1.807) is 12.1 Å². The molecule has 0 heterocycles. The van der Waals surface area contributed by atoms with E-state index >= 15 is 0 Å². The summed E-state index contributed by atoms with van der Waals surface area (Å²) >= 11 is 0. The molecule has 116 valence electrons. The highest BCUT2D eigenvalue weighted by molar-refractivity contribution is 5.30. The van der Waals surface area contributed by atoms with Crippen molar-refractivity contribution >= 4 is 0 Å². The fraction of sp³-hybridized carbons (Fsp3) is 0.667. The normalized spacial score (nSPS) is 30.2. The second-order valence-corrected chi connectivity index (χ2v) is 6.99. The van der Waals surface area contributed by atoms with Gasteiger partial charge in [-0.25, -0.2) is 4.39 Å².